The second-order valence-electron chi connectivity index (χ2n) is 5.70. The Morgan fingerprint density at radius 1 is 1.19 bits per heavy atom. The monoisotopic (exact) mass is 311 g/mol. The number of hydrogen-bond acceptors (Lipinski definition) is 3. The summed E-state index contributed by atoms with van der Waals surface area (Å²) in [5, 5.41) is 9.03. The number of aliphatic carboxylic acids is 1. The molecule has 1 fully saturated rings. The van der Waals surface area contributed by atoms with Gasteiger partial charge < -0.3 is 5.11 Å². The first kappa shape index (κ1) is 16.0. The fourth-order valence-corrected chi connectivity index (χ4v) is 4.64. The lowest BCUT2D eigenvalue weighted by atomic mass is 9.94. The van der Waals surface area contributed by atoms with Crippen LogP contribution in [0, 0.1) is 0 Å². The van der Waals surface area contributed by atoms with Crippen LogP contribution in [0.25, 0.3) is 0 Å². The molecule has 0 radical (unpaired) electrons. The number of nitrogens with one attached hydrogen (secondary N) is 1. The fourth-order valence-electron chi connectivity index (χ4n) is 2.74. The van der Waals surface area contributed by atoms with Crippen LogP contribution in [0.2, 0.25) is 0 Å². The molecule has 0 amide bonds. The number of carboxylic acids is 1. The van der Waals surface area contributed by atoms with E-state index in [2.05, 4.69) is 4.72 Å². The molecule has 1 aromatic carbocycles. The van der Waals surface area contributed by atoms with Crippen LogP contribution in [0.3, 0.4) is 0 Å². The number of hydrogen-bond donors (Lipinski definition) is 2. The van der Waals surface area contributed by atoms with Crippen molar-refractivity contribution in [2.75, 3.05) is 0 Å². The van der Waals surface area contributed by atoms with Crippen LogP contribution in [0.15, 0.2) is 30.3 Å². The van der Waals surface area contributed by atoms with Crippen LogP contribution >= 0.6 is 0 Å². The van der Waals surface area contributed by atoms with Gasteiger partial charge in [-0.3, -0.25) is 0 Å². The fraction of sp³-hybridized carbons (Fsp3) is 0.533. The average molecular weight is 311 g/mol. The van der Waals surface area contributed by atoms with E-state index in [9.17, 15) is 18.3 Å². The third kappa shape index (κ3) is 3.44. The van der Waals surface area contributed by atoms with Gasteiger partial charge in [-0.05, 0) is 25.3 Å². The molecule has 1 aromatic rings. The summed E-state index contributed by atoms with van der Waals surface area (Å²) in [6, 6.07) is 8.41. The van der Waals surface area contributed by atoms with Gasteiger partial charge in [0.15, 0.2) is 5.54 Å². The molecule has 5 nitrogen and oxygen atoms in total. The first-order chi connectivity index (χ1) is 9.86. The van der Waals surface area contributed by atoms with Crippen LogP contribution in [0.1, 0.15) is 44.6 Å². The lowest BCUT2D eigenvalue weighted by molar-refractivity contribution is -0.143. The first-order valence-electron chi connectivity index (χ1n) is 7.18. The highest BCUT2D eigenvalue weighted by Gasteiger charge is 2.41. The zero-order valence-electron chi connectivity index (χ0n) is 12.1. The van der Waals surface area contributed by atoms with Crippen LogP contribution < -0.4 is 4.72 Å². The topological polar surface area (TPSA) is 83.5 Å². The maximum absolute atomic E-state index is 12.5. The third-order valence-electron chi connectivity index (χ3n) is 4.12. The predicted molar refractivity (Wildman–Crippen MR) is 80.4 cm³/mol. The Morgan fingerprint density at radius 3 is 2.29 bits per heavy atom. The van der Waals surface area contributed by atoms with Crippen molar-refractivity contribution in [3.05, 3.63) is 35.9 Å². The van der Waals surface area contributed by atoms with E-state index in [0.717, 1.165) is 19.3 Å². The normalized spacial score (nSPS) is 19.9. The minimum absolute atomic E-state index is 0.428. The number of benzene rings is 1. The summed E-state index contributed by atoms with van der Waals surface area (Å²) >= 11 is 0. The zero-order chi connectivity index (χ0) is 15.5. The summed E-state index contributed by atoms with van der Waals surface area (Å²) in [7, 11) is -3.67. The lowest BCUT2D eigenvalue weighted by Gasteiger charge is -2.30. The van der Waals surface area contributed by atoms with E-state index in [4.69, 9.17) is 0 Å². The molecule has 0 aromatic heterocycles. The molecule has 0 bridgehead atoms. The summed E-state index contributed by atoms with van der Waals surface area (Å²) in [4.78, 5) is 11.7. The van der Waals surface area contributed by atoms with Gasteiger partial charge in [0.2, 0.25) is 10.0 Å². The van der Waals surface area contributed by atoms with Gasteiger partial charge in [-0.2, -0.15) is 4.72 Å². The highest BCUT2D eigenvalue weighted by atomic mass is 32.2. The number of carboxylic acid groups (broad SMARTS) is 1. The van der Waals surface area contributed by atoms with Crippen LogP contribution in [0.5, 0.6) is 0 Å². The molecule has 0 spiro atoms. The van der Waals surface area contributed by atoms with Crippen molar-refractivity contribution in [3.8, 4) is 0 Å². The molecule has 0 heterocycles. The van der Waals surface area contributed by atoms with Crippen molar-refractivity contribution in [1.29, 1.82) is 0 Å². The van der Waals surface area contributed by atoms with Gasteiger partial charge in [0.1, 0.15) is 0 Å². The molecular weight excluding hydrogens is 290 g/mol. The molecule has 2 N–H and O–H groups in total. The smallest absolute Gasteiger partial charge is 0.329 e. The van der Waals surface area contributed by atoms with Crippen LogP contribution in [0.4, 0.5) is 0 Å². The number of carbonyl (C=O) groups is 1. The average Bonchev–Trinajstić information content (AvgIpc) is 2.48. The molecule has 2 rings (SSSR count). The minimum Gasteiger partial charge on any atom is -0.480 e. The second-order valence-corrected chi connectivity index (χ2v) is 7.66. The van der Waals surface area contributed by atoms with E-state index in [0.29, 0.717) is 18.4 Å². The number of rotatable bonds is 5. The highest BCUT2D eigenvalue weighted by Crippen LogP contribution is 2.27. The van der Waals surface area contributed by atoms with E-state index in [1.165, 1.54) is 6.92 Å². The summed E-state index contributed by atoms with van der Waals surface area (Å²) in [6.07, 6.45) is 3.99. The second kappa shape index (κ2) is 6.15. The Hall–Kier alpha value is -1.40. The molecule has 1 atom stereocenters. The summed E-state index contributed by atoms with van der Waals surface area (Å²) in [5.41, 5.74) is -1.21. The van der Waals surface area contributed by atoms with Gasteiger partial charge in [0.05, 0.1) is 5.25 Å². The van der Waals surface area contributed by atoms with Gasteiger partial charge in [0, 0.05) is 0 Å². The maximum Gasteiger partial charge on any atom is 0.329 e. The quantitative estimate of drug-likeness (QED) is 0.873. The van der Waals surface area contributed by atoms with E-state index in [-0.39, 0.29) is 0 Å². The summed E-state index contributed by atoms with van der Waals surface area (Å²) in [6.45, 7) is 1.39. The van der Waals surface area contributed by atoms with E-state index < -0.39 is 26.8 Å². The van der Waals surface area contributed by atoms with Gasteiger partial charge >= 0.3 is 5.97 Å². The van der Waals surface area contributed by atoms with E-state index >= 15 is 0 Å². The van der Waals surface area contributed by atoms with Gasteiger partial charge in [-0.25, -0.2) is 13.2 Å². The van der Waals surface area contributed by atoms with Crippen molar-refractivity contribution in [1.82, 2.24) is 4.72 Å². The van der Waals surface area contributed by atoms with Crippen LogP contribution in [-0.4, -0.2) is 24.7 Å². The van der Waals surface area contributed by atoms with E-state index in [1.807, 2.05) is 0 Å². The highest BCUT2D eigenvalue weighted by molar-refractivity contribution is 7.90. The van der Waals surface area contributed by atoms with Gasteiger partial charge in [-0.15, -0.1) is 0 Å². The molecule has 116 valence electrons. The Bertz CT molecular complexity index is 593. The van der Waals surface area contributed by atoms with Crippen molar-refractivity contribution in [2.24, 2.45) is 0 Å². The Kier molecular flexibility index (Phi) is 4.68. The maximum atomic E-state index is 12.5. The predicted octanol–water partition coefficient (Wildman–Crippen LogP) is 2.24. The molecule has 1 saturated carbocycles. The molecular formula is C15H21NO4S. The van der Waals surface area contributed by atoms with Crippen molar-refractivity contribution in [2.45, 2.75) is 49.8 Å². The van der Waals surface area contributed by atoms with Crippen molar-refractivity contribution >= 4 is 16.0 Å². The van der Waals surface area contributed by atoms with Crippen molar-refractivity contribution < 1.29 is 18.3 Å². The molecule has 0 aliphatic heterocycles. The Labute approximate surface area is 125 Å². The molecule has 1 aliphatic carbocycles. The molecule has 21 heavy (non-hydrogen) atoms. The van der Waals surface area contributed by atoms with Gasteiger partial charge in [-0.1, -0.05) is 49.6 Å². The molecule has 1 unspecified atom stereocenters. The lowest BCUT2D eigenvalue weighted by Crippen LogP contribution is -2.52. The number of sulfonamides is 1. The van der Waals surface area contributed by atoms with Crippen LogP contribution in [-0.2, 0) is 20.4 Å². The Morgan fingerprint density at radius 2 is 1.76 bits per heavy atom. The van der Waals surface area contributed by atoms with Gasteiger partial charge in [0.25, 0.3) is 0 Å². The summed E-state index contributed by atoms with van der Waals surface area (Å²) in [5.74, 6) is -1.20. The molecule has 6 heteroatoms. The molecule has 1 aliphatic rings. The third-order valence-corrected chi connectivity index (χ3v) is 6.16. The SMILES string of the molecule is CC(NS(=O)(=O)C1CCCCC1)(C(=O)O)c1ccccc1. The standard InChI is InChI=1S/C15H21NO4S/c1-15(14(17)18,12-8-4-2-5-9-12)16-21(19,20)13-10-6-3-7-11-13/h2,4-5,8-9,13,16H,3,6-7,10-11H2,1H3,(H,17,18). The summed E-state index contributed by atoms with van der Waals surface area (Å²) < 4.78 is 27.4. The zero-order valence-corrected chi connectivity index (χ0v) is 12.9. The van der Waals surface area contributed by atoms with E-state index in [1.54, 1.807) is 30.3 Å². The molecule has 0 saturated heterocycles. The van der Waals surface area contributed by atoms with Crippen molar-refractivity contribution in [3.63, 3.8) is 0 Å². The largest absolute Gasteiger partial charge is 0.480 e. The first-order valence-corrected chi connectivity index (χ1v) is 8.72. The Balaban J connectivity index is 2.30. The minimum atomic E-state index is -3.67.